The molecule has 0 aromatic heterocycles. The first-order valence-electron chi connectivity index (χ1n) is 6.46. The number of carbonyl (C=O) groups is 2. The zero-order valence-corrected chi connectivity index (χ0v) is 13.5. The van der Waals surface area contributed by atoms with Gasteiger partial charge >= 0.3 is 6.03 Å². The Labute approximate surface area is 142 Å². The number of benzene rings is 2. The van der Waals surface area contributed by atoms with Gasteiger partial charge in [-0.1, -0.05) is 23.2 Å². The van der Waals surface area contributed by atoms with Gasteiger partial charge in [0.15, 0.2) is 0 Å². The van der Waals surface area contributed by atoms with Gasteiger partial charge in [-0.05, 0) is 42.5 Å². The van der Waals surface area contributed by atoms with Crippen LogP contribution in [0.15, 0.2) is 42.5 Å². The second kappa shape index (κ2) is 7.71. The maximum Gasteiger partial charge on any atom is 0.337 e. The normalized spacial score (nSPS) is 9.87. The number of anilines is 1. The summed E-state index contributed by atoms with van der Waals surface area (Å²) in [7, 11) is 1.43. The number of halogens is 2. The second-order valence-corrected chi connectivity index (χ2v) is 5.26. The molecule has 6 nitrogen and oxygen atoms in total. The van der Waals surface area contributed by atoms with Gasteiger partial charge in [-0.2, -0.15) is 0 Å². The number of carbonyl (C=O) groups excluding carboxylic acids is 2. The molecule has 2 rings (SSSR count). The first-order valence-corrected chi connectivity index (χ1v) is 7.21. The first kappa shape index (κ1) is 16.9. The number of urea groups is 1. The summed E-state index contributed by atoms with van der Waals surface area (Å²) in [4.78, 5) is 23.8. The molecule has 23 heavy (non-hydrogen) atoms. The van der Waals surface area contributed by atoms with Crippen LogP contribution in [0.5, 0.6) is 5.75 Å². The van der Waals surface area contributed by atoms with E-state index < -0.39 is 11.9 Å². The Morgan fingerprint density at radius 1 is 0.957 bits per heavy atom. The van der Waals surface area contributed by atoms with Gasteiger partial charge in [0.25, 0.3) is 5.91 Å². The molecule has 0 spiro atoms. The van der Waals surface area contributed by atoms with Crippen molar-refractivity contribution in [2.24, 2.45) is 0 Å². The van der Waals surface area contributed by atoms with Gasteiger partial charge < -0.3 is 10.1 Å². The number of rotatable bonds is 3. The lowest BCUT2D eigenvalue weighted by Crippen LogP contribution is -2.44. The van der Waals surface area contributed by atoms with Crippen LogP contribution in [0.1, 0.15) is 10.4 Å². The molecule has 0 saturated heterocycles. The van der Waals surface area contributed by atoms with Crippen molar-refractivity contribution in [2.45, 2.75) is 0 Å². The summed E-state index contributed by atoms with van der Waals surface area (Å²) < 4.78 is 5.07. The lowest BCUT2D eigenvalue weighted by atomic mass is 10.2. The monoisotopic (exact) mass is 353 g/mol. The van der Waals surface area contributed by atoms with Crippen LogP contribution >= 0.6 is 23.2 Å². The third kappa shape index (κ3) is 4.77. The number of hydrazine groups is 1. The zero-order chi connectivity index (χ0) is 16.8. The Hall–Kier alpha value is -2.44. The van der Waals surface area contributed by atoms with Crippen LogP contribution in [0.4, 0.5) is 10.5 Å². The minimum atomic E-state index is -0.610. The van der Waals surface area contributed by atoms with Gasteiger partial charge in [0, 0.05) is 15.7 Å². The summed E-state index contributed by atoms with van der Waals surface area (Å²) in [5, 5.41) is 3.46. The molecule has 3 N–H and O–H groups in total. The summed E-state index contributed by atoms with van der Waals surface area (Å²) in [5.74, 6) is -0.220. The van der Waals surface area contributed by atoms with Gasteiger partial charge in [-0.25, -0.2) is 10.2 Å². The third-order valence-electron chi connectivity index (χ3n) is 2.80. The average Bonchev–Trinajstić information content (AvgIpc) is 2.54. The average molecular weight is 354 g/mol. The van der Waals surface area contributed by atoms with Crippen LogP contribution in [0, 0.1) is 0 Å². The van der Waals surface area contributed by atoms with Gasteiger partial charge in [-0.15, -0.1) is 0 Å². The number of nitrogens with one attached hydrogen (secondary N) is 3. The highest BCUT2D eigenvalue weighted by molar-refractivity contribution is 6.31. The maximum absolute atomic E-state index is 12.1. The molecule has 0 fully saturated rings. The summed E-state index contributed by atoms with van der Waals surface area (Å²) in [6.07, 6.45) is 0. The van der Waals surface area contributed by atoms with Crippen molar-refractivity contribution in [3.63, 3.8) is 0 Å². The van der Waals surface area contributed by atoms with Crippen molar-refractivity contribution in [1.82, 2.24) is 10.9 Å². The highest BCUT2D eigenvalue weighted by Gasteiger charge is 2.13. The van der Waals surface area contributed by atoms with Crippen molar-refractivity contribution in [3.8, 4) is 5.75 Å². The van der Waals surface area contributed by atoms with E-state index in [2.05, 4.69) is 16.2 Å². The minimum Gasteiger partial charge on any atom is -0.496 e. The molecule has 2 aromatic rings. The molecule has 0 bridgehead atoms. The van der Waals surface area contributed by atoms with Gasteiger partial charge in [-0.3, -0.25) is 10.2 Å². The highest BCUT2D eigenvalue weighted by atomic mass is 35.5. The molecule has 2 aromatic carbocycles. The van der Waals surface area contributed by atoms with Crippen LogP contribution in [-0.2, 0) is 0 Å². The topological polar surface area (TPSA) is 79.5 Å². The number of hydrogen-bond donors (Lipinski definition) is 3. The molecular formula is C15H13Cl2N3O3. The van der Waals surface area contributed by atoms with Crippen molar-refractivity contribution >= 4 is 40.8 Å². The molecule has 3 amide bonds. The highest BCUT2D eigenvalue weighted by Crippen LogP contribution is 2.22. The fourth-order valence-corrected chi connectivity index (χ4v) is 2.03. The van der Waals surface area contributed by atoms with E-state index in [-0.39, 0.29) is 5.56 Å². The molecular weight excluding hydrogens is 341 g/mol. The summed E-state index contributed by atoms with van der Waals surface area (Å²) in [6, 6.07) is 10.5. The molecule has 0 aliphatic carbocycles. The third-order valence-corrected chi connectivity index (χ3v) is 3.28. The van der Waals surface area contributed by atoms with E-state index in [1.165, 1.54) is 13.2 Å². The van der Waals surface area contributed by atoms with Crippen LogP contribution < -0.4 is 20.9 Å². The van der Waals surface area contributed by atoms with Crippen LogP contribution in [0.25, 0.3) is 0 Å². The molecule has 0 aliphatic rings. The molecule has 0 heterocycles. The van der Waals surface area contributed by atoms with Gasteiger partial charge in [0.05, 0.1) is 12.7 Å². The predicted octanol–water partition coefficient (Wildman–Crippen LogP) is 3.47. The smallest absolute Gasteiger partial charge is 0.337 e. The van der Waals surface area contributed by atoms with E-state index in [0.29, 0.717) is 21.5 Å². The van der Waals surface area contributed by atoms with Crippen molar-refractivity contribution in [1.29, 1.82) is 0 Å². The number of amides is 3. The van der Waals surface area contributed by atoms with E-state index >= 15 is 0 Å². The molecule has 0 atom stereocenters. The molecule has 0 saturated carbocycles. The van der Waals surface area contributed by atoms with E-state index in [0.717, 1.165) is 0 Å². The lowest BCUT2D eigenvalue weighted by Gasteiger charge is -2.11. The van der Waals surface area contributed by atoms with E-state index in [9.17, 15) is 9.59 Å². The van der Waals surface area contributed by atoms with Crippen LogP contribution in [0.2, 0.25) is 10.0 Å². The van der Waals surface area contributed by atoms with Crippen LogP contribution in [-0.4, -0.2) is 19.0 Å². The largest absolute Gasteiger partial charge is 0.496 e. The van der Waals surface area contributed by atoms with E-state index in [1.54, 1.807) is 36.4 Å². The fraction of sp³-hybridized carbons (Fsp3) is 0.0667. The van der Waals surface area contributed by atoms with Crippen molar-refractivity contribution in [2.75, 3.05) is 12.4 Å². The Kier molecular flexibility index (Phi) is 5.67. The molecule has 0 aliphatic heterocycles. The lowest BCUT2D eigenvalue weighted by molar-refractivity contribution is 0.0935. The second-order valence-electron chi connectivity index (χ2n) is 4.38. The SMILES string of the molecule is COc1ccc(Cl)cc1C(=O)NNC(=O)Nc1ccc(Cl)cc1. The standard InChI is InChI=1S/C15H13Cl2N3O3/c1-23-13-7-4-10(17)8-12(13)14(21)19-20-15(22)18-11-5-2-9(16)3-6-11/h2-8H,1H3,(H,19,21)(H2,18,20,22). The Bertz CT molecular complexity index is 720. The fourth-order valence-electron chi connectivity index (χ4n) is 1.73. The summed E-state index contributed by atoms with van der Waals surface area (Å²) in [6.45, 7) is 0. The van der Waals surface area contributed by atoms with Crippen molar-refractivity contribution in [3.05, 3.63) is 58.1 Å². The number of hydrogen-bond acceptors (Lipinski definition) is 3. The van der Waals surface area contributed by atoms with Crippen molar-refractivity contribution < 1.29 is 14.3 Å². The summed E-state index contributed by atoms with van der Waals surface area (Å²) >= 11 is 11.6. The Morgan fingerprint density at radius 3 is 2.26 bits per heavy atom. The van der Waals surface area contributed by atoms with Crippen LogP contribution in [0.3, 0.4) is 0 Å². The quantitative estimate of drug-likeness (QED) is 0.739. The molecule has 120 valence electrons. The number of methoxy groups -OCH3 is 1. The van der Waals surface area contributed by atoms with E-state index in [4.69, 9.17) is 27.9 Å². The molecule has 8 heteroatoms. The van der Waals surface area contributed by atoms with Gasteiger partial charge in [0.1, 0.15) is 5.75 Å². The predicted molar refractivity (Wildman–Crippen MR) is 89.1 cm³/mol. The first-order chi connectivity index (χ1) is 11.0. The van der Waals surface area contributed by atoms with E-state index in [1.807, 2.05) is 0 Å². The molecule has 0 unspecified atom stereocenters. The Morgan fingerprint density at radius 2 is 1.61 bits per heavy atom. The summed E-state index contributed by atoms with van der Waals surface area (Å²) in [5.41, 5.74) is 5.23. The maximum atomic E-state index is 12.1. The Balaban J connectivity index is 1.95. The van der Waals surface area contributed by atoms with Gasteiger partial charge in [0.2, 0.25) is 0 Å². The molecule has 0 radical (unpaired) electrons. The zero-order valence-electron chi connectivity index (χ0n) is 12.0. The minimum absolute atomic E-state index is 0.201. The number of ether oxygens (including phenoxy) is 1.